The third-order valence-corrected chi connectivity index (χ3v) is 5.29. The van der Waals surface area contributed by atoms with Gasteiger partial charge in [0, 0.05) is 23.7 Å². The van der Waals surface area contributed by atoms with Gasteiger partial charge in [-0.05, 0) is 17.7 Å². The van der Waals surface area contributed by atoms with E-state index in [1.165, 1.54) is 12.1 Å². The molecule has 0 amide bonds. The minimum Gasteiger partial charge on any atom is -0.326 e. The van der Waals surface area contributed by atoms with Crippen LogP contribution in [0, 0.1) is 0 Å². The Hall–Kier alpha value is -1.11. The van der Waals surface area contributed by atoms with Crippen molar-refractivity contribution < 1.29 is 8.42 Å². The molecular formula is C14H14Cl2N2O2S. The van der Waals surface area contributed by atoms with Crippen LogP contribution in [0.2, 0.25) is 10.0 Å². The fourth-order valence-electron chi connectivity index (χ4n) is 1.82. The van der Waals surface area contributed by atoms with E-state index in [2.05, 4.69) is 4.72 Å². The molecular weight excluding hydrogens is 331 g/mol. The molecule has 0 aliphatic carbocycles. The molecule has 0 spiro atoms. The van der Waals surface area contributed by atoms with Crippen LogP contribution in [0.5, 0.6) is 0 Å². The first kappa shape index (κ1) is 16.3. The fourth-order valence-corrected chi connectivity index (χ4v) is 3.77. The predicted molar refractivity (Wildman–Crippen MR) is 84.8 cm³/mol. The largest absolute Gasteiger partial charge is 0.326 e. The van der Waals surface area contributed by atoms with Gasteiger partial charge in [0.05, 0.1) is 5.02 Å². The van der Waals surface area contributed by atoms with Crippen molar-refractivity contribution in [3.05, 3.63) is 63.6 Å². The average molecular weight is 345 g/mol. The summed E-state index contributed by atoms with van der Waals surface area (Å²) in [5.41, 5.74) is 6.81. The third-order valence-electron chi connectivity index (χ3n) is 2.95. The molecule has 0 aromatic heterocycles. The van der Waals surface area contributed by atoms with Gasteiger partial charge >= 0.3 is 0 Å². The van der Waals surface area contributed by atoms with Crippen LogP contribution in [0.3, 0.4) is 0 Å². The van der Waals surface area contributed by atoms with Gasteiger partial charge in [0.2, 0.25) is 10.0 Å². The molecule has 2 rings (SSSR count). The first-order valence-electron chi connectivity index (χ1n) is 6.16. The van der Waals surface area contributed by atoms with Crippen molar-refractivity contribution in [1.29, 1.82) is 0 Å². The van der Waals surface area contributed by atoms with E-state index in [9.17, 15) is 8.42 Å². The van der Waals surface area contributed by atoms with E-state index in [0.29, 0.717) is 10.6 Å². The number of hydrogen-bond donors (Lipinski definition) is 2. The quantitative estimate of drug-likeness (QED) is 0.875. The van der Waals surface area contributed by atoms with Crippen molar-refractivity contribution in [1.82, 2.24) is 4.72 Å². The molecule has 0 bridgehead atoms. The first-order chi connectivity index (χ1) is 9.95. The second-order valence-corrected chi connectivity index (χ2v) is 6.87. The molecule has 0 saturated carbocycles. The highest BCUT2D eigenvalue weighted by atomic mass is 35.5. The summed E-state index contributed by atoms with van der Waals surface area (Å²) in [5, 5.41) is 0.412. The van der Waals surface area contributed by atoms with Crippen molar-refractivity contribution >= 4 is 33.2 Å². The molecule has 0 heterocycles. The number of nitrogens with one attached hydrogen (secondary N) is 1. The third kappa shape index (κ3) is 3.75. The normalized spacial score (nSPS) is 11.6. The Kier molecular flexibility index (Phi) is 5.24. The van der Waals surface area contributed by atoms with E-state index >= 15 is 0 Å². The van der Waals surface area contributed by atoms with E-state index in [0.717, 1.165) is 5.56 Å². The maximum atomic E-state index is 12.3. The summed E-state index contributed by atoms with van der Waals surface area (Å²) < 4.78 is 27.2. The molecule has 4 nitrogen and oxygen atoms in total. The molecule has 2 aromatic carbocycles. The molecule has 3 N–H and O–H groups in total. The zero-order valence-corrected chi connectivity index (χ0v) is 13.3. The van der Waals surface area contributed by atoms with Gasteiger partial charge in [-0.3, -0.25) is 0 Å². The molecule has 0 unspecified atom stereocenters. The lowest BCUT2D eigenvalue weighted by Crippen LogP contribution is -2.24. The van der Waals surface area contributed by atoms with E-state index in [4.69, 9.17) is 28.9 Å². The summed E-state index contributed by atoms with van der Waals surface area (Å²) in [5.74, 6) is 0. The Balaban J connectivity index is 2.28. The minimum atomic E-state index is -3.73. The van der Waals surface area contributed by atoms with Crippen LogP contribution < -0.4 is 10.5 Å². The van der Waals surface area contributed by atoms with Crippen molar-refractivity contribution in [2.45, 2.75) is 18.0 Å². The number of benzene rings is 2. The van der Waals surface area contributed by atoms with E-state index in [1.807, 2.05) is 30.3 Å². The van der Waals surface area contributed by atoms with Gasteiger partial charge in [0.1, 0.15) is 4.90 Å². The van der Waals surface area contributed by atoms with Crippen LogP contribution in [-0.2, 0) is 23.1 Å². The standard InChI is InChI=1S/C14H14Cl2N2O2S/c15-12-6-7-13(14(16)11(12)8-17)21(19,20)18-9-10-4-2-1-3-5-10/h1-7,18H,8-9,17H2. The second-order valence-electron chi connectivity index (χ2n) is 4.35. The Labute approximate surface area is 133 Å². The summed E-state index contributed by atoms with van der Waals surface area (Å²) >= 11 is 12.0. The second kappa shape index (κ2) is 6.77. The van der Waals surface area contributed by atoms with E-state index in [-0.39, 0.29) is 23.0 Å². The SMILES string of the molecule is NCc1c(Cl)ccc(S(=O)(=O)NCc2ccccc2)c1Cl. The molecule has 2 aromatic rings. The lowest BCUT2D eigenvalue weighted by atomic mass is 10.2. The first-order valence-corrected chi connectivity index (χ1v) is 8.40. The number of hydrogen-bond acceptors (Lipinski definition) is 3. The van der Waals surface area contributed by atoms with Gasteiger partial charge in [-0.25, -0.2) is 13.1 Å². The Morgan fingerprint density at radius 1 is 1.05 bits per heavy atom. The number of rotatable bonds is 5. The number of sulfonamides is 1. The van der Waals surface area contributed by atoms with Gasteiger partial charge in [-0.2, -0.15) is 0 Å². The minimum absolute atomic E-state index is 0.0232. The van der Waals surface area contributed by atoms with Crippen LogP contribution in [0.25, 0.3) is 0 Å². The Morgan fingerprint density at radius 3 is 2.33 bits per heavy atom. The summed E-state index contributed by atoms with van der Waals surface area (Å²) in [7, 11) is -3.73. The zero-order chi connectivity index (χ0) is 15.5. The summed E-state index contributed by atoms with van der Waals surface area (Å²) in [6.07, 6.45) is 0. The van der Waals surface area contributed by atoms with Crippen molar-refractivity contribution in [2.24, 2.45) is 5.73 Å². The molecule has 0 aliphatic heterocycles. The highest BCUT2D eigenvalue weighted by Gasteiger charge is 2.20. The van der Waals surface area contributed by atoms with E-state index in [1.54, 1.807) is 0 Å². The van der Waals surface area contributed by atoms with Crippen LogP contribution in [0.4, 0.5) is 0 Å². The van der Waals surface area contributed by atoms with Crippen LogP contribution in [0.1, 0.15) is 11.1 Å². The van der Waals surface area contributed by atoms with E-state index < -0.39 is 10.0 Å². The number of nitrogens with two attached hydrogens (primary N) is 1. The lowest BCUT2D eigenvalue weighted by molar-refractivity contribution is 0.581. The van der Waals surface area contributed by atoms with Crippen LogP contribution >= 0.6 is 23.2 Å². The highest BCUT2D eigenvalue weighted by Crippen LogP contribution is 2.30. The van der Waals surface area contributed by atoms with Gasteiger partial charge in [0.15, 0.2) is 0 Å². The molecule has 0 fully saturated rings. The lowest BCUT2D eigenvalue weighted by Gasteiger charge is -2.12. The zero-order valence-electron chi connectivity index (χ0n) is 11.0. The molecule has 7 heteroatoms. The summed E-state index contributed by atoms with van der Waals surface area (Å²) in [4.78, 5) is -0.0232. The maximum absolute atomic E-state index is 12.3. The molecule has 21 heavy (non-hydrogen) atoms. The summed E-state index contributed by atoms with van der Waals surface area (Å²) in [6.45, 7) is 0.250. The highest BCUT2D eigenvalue weighted by molar-refractivity contribution is 7.89. The van der Waals surface area contributed by atoms with Crippen molar-refractivity contribution in [3.63, 3.8) is 0 Å². The summed E-state index contributed by atoms with van der Waals surface area (Å²) in [6, 6.07) is 12.1. The number of halogens is 2. The fraction of sp³-hybridized carbons (Fsp3) is 0.143. The Morgan fingerprint density at radius 2 is 1.71 bits per heavy atom. The molecule has 112 valence electrons. The van der Waals surface area contributed by atoms with Gasteiger partial charge in [0.25, 0.3) is 0 Å². The van der Waals surface area contributed by atoms with Gasteiger partial charge < -0.3 is 5.73 Å². The van der Waals surface area contributed by atoms with Crippen LogP contribution in [0.15, 0.2) is 47.4 Å². The Bertz CT molecular complexity index is 734. The topological polar surface area (TPSA) is 72.2 Å². The average Bonchev–Trinajstić information content (AvgIpc) is 2.46. The molecule has 0 radical (unpaired) electrons. The van der Waals surface area contributed by atoms with Gasteiger partial charge in [-0.1, -0.05) is 53.5 Å². The maximum Gasteiger partial charge on any atom is 0.242 e. The van der Waals surface area contributed by atoms with Crippen molar-refractivity contribution in [2.75, 3.05) is 0 Å². The van der Waals surface area contributed by atoms with Crippen molar-refractivity contribution in [3.8, 4) is 0 Å². The molecule has 0 atom stereocenters. The predicted octanol–water partition coefficient (Wildman–Crippen LogP) is 2.93. The molecule has 0 aliphatic rings. The molecule has 0 saturated heterocycles. The monoisotopic (exact) mass is 344 g/mol. The van der Waals surface area contributed by atoms with Crippen LogP contribution in [-0.4, -0.2) is 8.42 Å². The smallest absolute Gasteiger partial charge is 0.242 e. The van der Waals surface area contributed by atoms with Gasteiger partial charge in [-0.15, -0.1) is 0 Å².